The average Bonchev–Trinajstić information content (AvgIpc) is 2.75. The summed E-state index contributed by atoms with van der Waals surface area (Å²) in [6, 6.07) is 32.8. The molecule has 0 spiro atoms. The van der Waals surface area contributed by atoms with E-state index in [2.05, 4.69) is 96.8 Å². The van der Waals surface area contributed by atoms with Crippen molar-refractivity contribution in [1.82, 2.24) is 0 Å². The van der Waals surface area contributed by atoms with Crippen molar-refractivity contribution in [3.05, 3.63) is 103 Å². The van der Waals surface area contributed by atoms with E-state index < -0.39 is 7.26 Å². The van der Waals surface area contributed by atoms with Crippen molar-refractivity contribution in [1.29, 1.82) is 0 Å². The normalized spacial score (nSPS) is 16.2. The van der Waals surface area contributed by atoms with E-state index in [0.717, 1.165) is 25.2 Å². The molecule has 0 saturated carbocycles. The highest BCUT2D eigenvalue weighted by molar-refractivity contribution is 7.98. The van der Waals surface area contributed by atoms with Gasteiger partial charge in [-0.25, -0.2) is 0 Å². The first-order valence-electron chi connectivity index (χ1n) is 9.30. The Morgan fingerprint density at radius 2 is 1.08 bits per heavy atom. The second-order valence-electron chi connectivity index (χ2n) is 6.63. The number of benzene rings is 3. The van der Waals surface area contributed by atoms with Crippen LogP contribution in [-0.2, 0) is 4.74 Å². The number of rotatable bonds is 4. The molecule has 0 N–H and O–H groups in total. The molecular weight excluding hydrogens is 335 g/mol. The van der Waals surface area contributed by atoms with Crippen LogP contribution in [0.3, 0.4) is 0 Å². The first kappa shape index (κ1) is 17.1. The van der Waals surface area contributed by atoms with Crippen molar-refractivity contribution >= 4 is 23.2 Å². The quantitative estimate of drug-likeness (QED) is 0.594. The fourth-order valence-electron chi connectivity index (χ4n) is 3.65. The molecule has 0 aromatic heterocycles. The van der Waals surface area contributed by atoms with E-state index in [4.69, 9.17) is 4.74 Å². The number of ether oxygens (including phenoxy) is 1. The maximum atomic E-state index is 6.09. The minimum atomic E-state index is -1.91. The molecule has 130 valence electrons. The van der Waals surface area contributed by atoms with Gasteiger partial charge in [-0.1, -0.05) is 54.6 Å². The summed E-state index contributed by atoms with van der Waals surface area (Å²) in [5, 5.41) is 4.12. The molecule has 1 heterocycles. The van der Waals surface area contributed by atoms with Gasteiger partial charge in [-0.3, -0.25) is 0 Å². The Hall–Kier alpha value is -2.37. The Balaban J connectivity index is 2.00. The number of allylic oxidation sites excluding steroid dienone is 1. The van der Waals surface area contributed by atoms with Crippen LogP contribution >= 0.6 is 7.26 Å². The van der Waals surface area contributed by atoms with Gasteiger partial charge < -0.3 is 4.74 Å². The van der Waals surface area contributed by atoms with E-state index >= 15 is 0 Å². The fraction of sp³-hybridized carbons (Fsp3) is 0.167. The van der Waals surface area contributed by atoms with Crippen LogP contribution in [0.2, 0.25) is 0 Å². The lowest BCUT2D eigenvalue weighted by atomic mass is 10.2. The minimum absolute atomic E-state index is 0.838. The first-order valence-corrected chi connectivity index (χ1v) is 11.2. The van der Waals surface area contributed by atoms with Gasteiger partial charge in [0.05, 0.1) is 6.61 Å². The highest BCUT2D eigenvalue weighted by Crippen LogP contribution is 2.58. The highest BCUT2D eigenvalue weighted by Gasteiger charge is 2.44. The molecular formula is C24H24OP+. The van der Waals surface area contributed by atoms with Crippen molar-refractivity contribution in [3.8, 4) is 0 Å². The second-order valence-corrected chi connectivity index (χ2v) is 9.88. The van der Waals surface area contributed by atoms with Gasteiger partial charge in [0.2, 0.25) is 0 Å². The Bertz CT molecular complexity index is 752. The number of hydrogen-bond donors (Lipinski definition) is 0. The van der Waals surface area contributed by atoms with Gasteiger partial charge in [0.15, 0.2) is 0 Å². The van der Waals surface area contributed by atoms with Gasteiger partial charge >= 0.3 is 0 Å². The Labute approximate surface area is 156 Å². The zero-order valence-corrected chi connectivity index (χ0v) is 15.8. The van der Waals surface area contributed by atoms with Crippen LogP contribution in [-0.4, -0.2) is 6.61 Å². The van der Waals surface area contributed by atoms with Gasteiger partial charge in [-0.15, -0.1) is 0 Å². The second kappa shape index (κ2) is 7.89. The van der Waals surface area contributed by atoms with Crippen LogP contribution < -0.4 is 15.9 Å². The summed E-state index contributed by atoms with van der Waals surface area (Å²) >= 11 is 0. The van der Waals surface area contributed by atoms with Gasteiger partial charge in [0, 0.05) is 6.42 Å². The van der Waals surface area contributed by atoms with Crippen molar-refractivity contribution in [2.75, 3.05) is 6.61 Å². The molecule has 1 nitrogen and oxygen atoms in total. The van der Waals surface area contributed by atoms with Crippen LogP contribution in [0.5, 0.6) is 0 Å². The predicted molar refractivity (Wildman–Crippen MR) is 113 cm³/mol. The van der Waals surface area contributed by atoms with Gasteiger partial charge in [0.25, 0.3) is 0 Å². The zero-order valence-electron chi connectivity index (χ0n) is 14.9. The van der Waals surface area contributed by atoms with Crippen LogP contribution in [0.25, 0.3) is 0 Å². The standard InChI is InChI=1S/C24H24OP/c1-4-13-22(14-5-1)26(23-15-6-2-7-16-23,24-17-8-3-9-18-24)20-21-12-10-11-19-25-21/h1-9,13-18,20H,10-12,19H2/q+1/b21-20-. The molecule has 0 atom stereocenters. The summed E-state index contributed by atoms with van der Waals surface area (Å²) in [5.41, 5.74) is 0. The molecule has 1 aliphatic rings. The van der Waals surface area contributed by atoms with Crippen LogP contribution in [0.15, 0.2) is 103 Å². The van der Waals surface area contributed by atoms with Crippen molar-refractivity contribution < 1.29 is 4.74 Å². The maximum Gasteiger partial charge on any atom is 0.140 e. The van der Waals surface area contributed by atoms with Gasteiger partial charge in [0.1, 0.15) is 34.8 Å². The average molecular weight is 359 g/mol. The summed E-state index contributed by atoms with van der Waals surface area (Å²) in [4.78, 5) is 0. The summed E-state index contributed by atoms with van der Waals surface area (Å²) < 4.78 is 6.09. The zero-order chi connectivity index (χ0) is 17.7. The monoisotopic (exact) mass is 359 g/mol. The molecule has 3 aromatic carbocycles. The molecule has 2 heteroatoms. The molecule has 0 unspecified atom stereocenters. The molecule has 0 amide bonds. The minimum Gasteiger partial charge on any atom is -0.494 e. The molecule has 26 heavy (non-hydrogen) atoms. The third-order valence-electron chi connectivity index (χ3n) is 4.93. The third kappa shape index (κ3) is 3.32. The summed E-state index contributed by atoms with van der Waals surface area (Å²) in [6.07, 6.45) is 3.41. The molecule has 3 aromatic rings. The van der Waals surface area contributed by atoms with Crippen LogP contribution in [0, 0.1) is 0 Å². The lowest BCUT2D eigenvalue weighted by molar-refractivity contribution is 0.167. The highest BCUT2D eigenvalue weighted by atomic mass is 31.2. The topological polar surface area (TPSA) is 9.23 Å². The molecule has 0 radical (unpaired) electrons. The molecule has 0 aliphatic carbocycles. The maximum absolute atomic E-state index is 6.09. The third-order valence-corrected chi connectivity index (χ3v) is 8.95. The summed E-state index contributed by atoms with van der Waals surface area (Å²) in [7, 11) is -1.91. The molecule has 1 fully saturated rings. The van der Waals surface area contributed by atoms with E-state index in [0.29, 0.717) is 0 Å². The largest absolute Gasteiger partial charge is 0.494 e. The van der Waals surface area contributed by atoms with Gasteiger partial charge in [-0.2, -0.15) is 0 Å². The molecule has 1 saturated heterocycles. The summed E-state index contributed by atoms with van der Waals surface area (Å²) in [6.45, 7) is 0.838. The van der Waals surface area contributed by atoms with Crippen molar-refractivity contribution in [2.45, 2.75) is 19.3 Å². The Kier molecular flexibility index (Phi) is 5.18. The lowest BCUT2D eigenvalue weighted by Gasteiger charge is -2.26. The van der Waals surface area contributed by atoms with E-state index in [1.807, 2.05) is 0 Å². The van der Waals surface area contributed by atoms with E-state index in [1.54, 1.807) is 0 Å². The number of hydrogen-bond acceptors (Lipinski definition) is 1. The Morgan fingerprint density at radius 1 is 0.615 bits per heavy atom. The first-order chi connectivity index (χ1) is 12.9. The molecule has 1 aliphatic heterocycles. The van der Waals surface area contributed by atoms with Crippen molar-refractivity contribution in [2.24, 2.45) is 0 Å². The van der Waals surface area contributed by atoms with E-state index in [-0.39, 0.29) is 0 Å². The van der Waals surface area contributed by atoms with E-state index in [1.165, 1.54) is 22.3 Å². The Morgan fingerprint density at radius 3 is 1.46 bits per heavy atom. The fourth-order valence-corrected chi connectivity index (χ4v) is 7.56. The molecule has 0 bridgehead atoms. The molecule has 4 rings (SSSR count). The van der Waals surface area contributed by atoms with Gasteiger partial charge in [-0.05, 0) is 49.2 Å². The van der Waals surface area contributed by atoms with Crippen LogP contribution in [0.4, 0.5) is 0 Å². The van der Waals surface area contributed by atoms with Crippen LogP contribution in [0.1, 0.15) is 19.3 Å². The van der Waals surface area contributed by atoms with Crippen molar-refractivity contribution in [3.63, 3.8) is 0 Å². The predicted octanol–water partition coefficient (Wildman–Crippen LogP) is 5.02. The van der Waals surface area contributed by atoms with E-state index in [9.17, 15) is 0 Å². The smallest absolute Gasteiger partial charge is 0.140 e. The summed E-state index contributed by atoms with van der Waals surface area (Å²) in [5.74, 6) is 3.62. The lowest BCUT2D eigenvalue weighted by Crippen LogP contribution is -2.30. The SMILES string of the molecule is C(=C1\CCCCO1)/[P+](c1ccccc1)(c1ccccc1)c1ccccc1.